The number of piperazine rings is 1. The van der Waals surface area contributed by atoms with Gasteiger partial charge in [0.25, 0.3) is 0 Å². The predicted molar refractivity (Wildman–Crippen MR) is 104 cm³/mol. The Kier molecular flexibility index (Phi) is 3.97. The normalized spacial score (nSPS) is 19.8. The van der Waals surface area contributed by atoms with Gasteiger partial charge < -0.3 is 20.0 Å². The summed E-state index contributed by atoms with van der Waals surface area (Å²) in [6.45, 7) is 3.83. The summed E-state index contributed by atoms with van der Waals surface area (Å²) >= 11 is 0. The van der Waals surface area contributed by atoms with Crippen LogP contribution in [0.4, 0.5) is 5.82 Å². The molecule has 0 radical (unpaired) electrons. The first kappa shape index (κ1) is 17.1. The van der Waals surface area contributed by atoms with Crippen LogP contribution >= 0.6 is 0 Å². The van der Waals surface area contributed by atoms with Gasteiger partial charge in [0.05, 0.1) is 12.2 Å². The number of H-pyrrole nitrogens is 1. The van der Waals surface area contributed by atoms with Crippen LogP contribution in [-0.2, 0) is 0 Å². The van der Waals surface area contributed by atoms with Crippen molar-refractivity contribution in [2.45, 2.75) is 18.9 Å². The first-order chi connectivity index (χ1) is 13.6. The molecule has 3 aromatic heterocycles. The average Bonchev–Trinajstić information content (AvgIpc) is 3.31. The Balaban J connectivity index is 1.67. The van der Waals surface area contributed by atoms with Crippen molar-refractivity contribution in [1.29, 1.82) is 0 Å². The molecule has 0 spiro atoms. The second kappa shape index (κ2) is 6.52. The summed E-state index contributed by atoms with van der Waals surface area (Å²) in [6, 6.07) is 3.86. The molecule has 9 nitrogen and oxygen atoms in total. The number of aromatic amines is 1. The lowest BCUT2D eigenvalue weighted by Gasteiger charge is -2.33. The maximum atomic E-state index is 9.94. The van der Waals surface area contributed by atoms with E-state index in [4.69, 9.17) is 9.98 Å². The third-order valence-electron chi connectivity index (χ3n) is 5.28. The standard InChI is InChI=1S/C19H23N7O2/c1-24-4-6-25(7-5-24)15-10-16(21-14-2-3-14)26-18(22-15)13(11-20-26)8-12-9-17(27)23-19(12)28/h8-11,14,23,27-28H,2-7H2,1H3. The van der Waals surface area contributed by atoms with Gasteiger partial charge in [0.2, 0.25) is 0 Å². The zero-order valence-corrected chi connectivity index (χ0v) is 15.7. The zero-order chi connectivity index (χ0) is 19.3. The Morgan fingerprint density at radius 1 is 1.18 bits per heavy atom. The Labute approximate surface area is 161 Å². The molecule has 1 aliphatic heterocycles. The van der Waals surface area contributed by atoms with Crippen LogP contribution in [0.15, 0.2) is 23.3 Å². The highest BCUT2D eigenvalue weighted by Gasteiger charge is 2.21. The molecule has 2 fully saturated rings. The Morgan fingerprint density at radius 3 is 2.64 bits per heavy atom. The van der Waals surface area contributed by atoms with Crippen molar-refractivity contribution in [2.75, 3.05) is 38.1 Å². The summed E-state index contributed by atoms with van der Waals surface area (Å²) in [5.41, 5.74) is 1.98. The van der Waals surface area contributed by atoms with E-state index in [9.17, 15) is 10.2 Å². The Morgan fingerprint density at radius 2 is 1.96 bits per heavy atom. The Hall–Kier alpha value is -3.07. The maximum absolute atomic E-state index is 9.94. The van der Waals surface area contributed by atoms with Gasteiger partial charge in [-0.3, -0.25) is 9.98 Å². The van der Waals surface area contributed by atoms with Gasteiger partial charge in [0, 0.05) is 49.1 Å². The van der Waals surface area contributed by atoms with Gasteiger partial charge >= 0.3 is 0 Å². The van der Waals surface area contributed by atoms with Gasteiger partial charge in [-0.2, -0.15) is 9.61 Å². The van der Waals surface area contributed by atoms with Crippen molar-refractivity contribution in [3.05, 3.63) is 34.6 Å². The van der Waals surface area contributed by atoms with Crippen molar-refractivity contribution < 1.29 is 10.2 Å². The fraction of sp³-hybridized carbons (Fsp3) is 0.421. The van der Waals surface area contributed by atoms with Crippen LogP contribution in [0.3, 0.4) is 0 Å². The molecule has 28 heavy (non-hydrogen) atoms. The summed E-state index contributed by atoms with van der Waals surface area (Å²) in [6.07, 6.45) is 5.70. The molecule has 3 N–H and O–H groups in total. The average molecular weight is 381 g/mol. The van der Waals surface area contributed by atoms with Crippen LogP contribution < -0.4 is 15.6 Å². The predicted octanol–water partition coefficient (Wildman–Crippen LogP) is -0.169. The summed E-state index contributed by atoms with van der Waals surface area (Å²) in [7, 11) is 2.13. The lowest BCUT2D eigenvalue weighted by atomic mass is 10.2. The highest BCUT2D eigenvalue weighted by molar-refractivity contribution is 5.62. The van der Waals surface area contributed by atoms with E-state index >= 15 is 0 Å². The largest absolute Gasteiger partial charge is 0.494 e. The van der Waals surface area contributed by atoms with E-state index in [1.807, 2.05) is 6.07 Å². The van der Waals surface area contributed by atoms with Crippen molar-refractivity contribution in [3.63, 3.8) is 0 Å². The molecule has 2 aliphatic rings. The van der Waals surface area contributed by atoms with E-state index in [0.29, 0.717) is 17.3 Å². The molecule has 5 rings (SSSR count). The van der Waals surface area contributed by atoms with E-state index in [2.05, 4.69) is 26.9 Å². The monoisotopic (exact) mass is 381 g/mol. The van der Waals surface area contributed by atoms with Gasteiger partial charge in [-0.05, 0) is 26.0 Å². The van der Waals surface area contributed by atoms with Crippen LogP contribution in [0.25, 0.3) is 11.7 Å². The van der Waals surface area contributed by atoms with Crippen LogP contribution in [-0.4, -0.2) is 74.0 Å². The number of aromatic nitrogens is 4. The molecule has 0 bridgehead atoms. The van der Waals surface area contributed by atoms with E-state index in [1.165, 1.54) is 6.07 Å². The third kappa shape index (κ3) is 3.18. The molecule has 4 heterocycles. The first-order valence-corrected chi connectivity index (χ1v) is 9.55. The van der Waals surface area contributed by atoms with Gasteiger partial charge in [0.1, 0.15) is 5.82 Å². The topological polar surface area (TPSA) is 105 Å². The number of nitrogens with zero attached hydrogens (tertiary/aromatic N) is 6. The number of hydrogen-bond donors (Lipinski definition) is 3. The number of anilines is 1. The molecule has 9 heteroatoms. The lowest BCUT2D eigenvalue weighted by Crippen LogP contribution is -2.45. The minimum atomic E-state index is -0.0880. The number of nitrogens with one attached hydrogen (secondary N) is 1. The third-order valence-corrected chi connectivity index (χ3v) is 5.28. The van der Waals surface area contributed by atoms with Gasteiger partial charge in [-0.1, -0.05) is 0 Å². The van der Waals surface area contributed by atoms with Crippen LogP contribution in [0.1, 0.15) is 18.4 Å². The summed E-state index contributed by atoms with van der Waals surface area (Å²) in [4.78, 5) is 16.8. The van der Waals surface area contributed by atoms with E-state index in [0.717, 1.165) is 55.5 Å². The molecule has 0 atom stereocenters. The second-order valence-corrected chi connectivity index (χ2v) is 7.56. The highest BCUT2D eigenvalue weighted by atomic mass is 16.3. The van der Waals surface area contributed by atoms with Crippen LogP contribution in [0.2, 0.25) is 0 Å². The molecule has 3 aromatic rings. The first-order valence-electron chi connectivity index (χ1n) is 9.55. The van der Waals surface area contributed by atoms with E-state index in [1.54, 1.807) is 16.8 Å². The maximum Gasteiger partial charge on any atom is 0.198 e. The fourth-order valence-electron chi connectivity index (χ4n) is 3.46. The number of rotatable bonds is 3. The van der Waals surface area contributed by atoms with Crippen molar-refractivity contribution in [2.24, 2.45) is 4.99 Å². The Bertz CT molecular complexity index is 1140. The molecule has 0 unspecified atom stereocenters. The number of hydrogen-bond acceptors (Lipinski definition) is 7. The van der Waals surface area contributed by atoms with Crippen molar-refractivity contribution in [3.8, 4) is 11.8 Å². The molecular formula is C19H23N7O2. The van der Waals surface area contributed by atoms with E-state index < -0.39 is 0 Å². The second-order valence-electron chi connectivity index (χ2n) is 7.56. The highest BCUT2D eigenvalue weighted by Crippen LogP contribution is 2.23. The van der Waals surface area contributed by atoms with Crippen molar-refractivity contribution in [1.82, 2.24) is 24.5 Å². The number of likely N-dealkylation sites (N-methyl/N-ethyl adjacent to an activating group) is 1. The molecule has 0 aromatic carbocycles. The number of aromatic hydroxyl groups is 2. The summed E-state index contributed by atoms with van der Waals surface area (Å²) < 4.78 is 1.76. The minimum absolute atomic E-state index is 0.0873. The van der Waals surface area contributed by atoms with Gasteiger partial charge in [-0.25, -0.2) is 4.98 Å². The summed E-state index contributed by atoms with van der Waals surface area (Å²) in [5, 5.41) is 24.7. The fourth-order valence-corrected chi connectivity index (χ4v) is 3.46. The van der Waals surface area contributed by atoms with E-state index in [-0.39, 0.29) is 11.8 Å². The van der Waals surface area contributed by atoms with Gasteiger partial charge in [0.15, 0.2) is 22.9 Å². The molecular weight excluding hydrogens is 358 g/mol. The lowest BCUT2D eigenvalue weighted by molar-refractivity contribution is 0.312. The summed E-state index contributed by atoms with van der Waals surface area (Å²) in [5.74, 6) is 0.724. The van der Waals surface area contributed by atoms with Crippen LogP contribution in [0.5, 0.6) is 11.8 Å². The quantitative estimate of drug-likeness (QED) is 0.582. The molecule has 146 valence electrons. The molecule has 0 amide bonds. The molecule has 1 aliphatic carbocycles. The number of fused-ring (bicyclic) bond motifs is 1. The zero-order valence-electron chi connectivity index (χ0n) is 15.7. The smallest absolute Gasteiger partial charge is 0.198 e. The molecule has 1 saturated heterocycles. The van der Waals surface area contributed by atoms with Gasteiger partial charge in [-0.15, -0.1) is 0 Å². The minimum Gasteiger partial charge on any atom is -0.494 e. The van der Waals surface area contributed by atoms with Crippen LogP contribution in [0, 0.1) is 0 Å². The van der Waals surface area contributed by atoms with Crippen molar-refractivity contribution >= 4 is 17.5 Å². The molecule has 1 saturated carbocycles. The SMILES string of the molecule is CN1CCN(c2cc(=NC3CC3)n3ncc(=Cc4cc(O)[nH]c4O)c3n2)CC1.